The summed E-state index contributed by atoms with van der Waals surface area (Å²) >= 11 is 0. The molecule has 1 aliphatic heterocycles. The largest absolute Gasteiger partial charge is 0.497 e. The number of hydrogen-bond acceptors (Lipinski definition) is 2. The molecule has 0 saturated carbocycles. The van der Waals surface area contributed by atoms with Gasteiger partial charge in [0.15, 0.2) is 0 Å². The van der Waals surface area contributed by atoms with Crippen molar-refractivity contribution in [2.24, 2.45) is 0 Å². The zero-order valence-corrected chi connectivity index (χ0v) is 15.2. The maximum Gasteiger partial charge on any atom is 0.322 e. The molecule has 2 aromatic carbocycles. The summed E-state index contributed by atoms with van der Waals surface area (Å²) in [4.78, 5) is 15.8. The van der Waals surface area contributed by atoms with Gasteiger partial charge in [-0.3, -0.25) is 0 Å². The molecule has 2 aromatic rings. The second-order valence-corrected chi connectivity index (χ2v) is 6.42. The SMILES string of the molecule is COc1cccc(NC(=O)N2CC[NH+](C/C=C/c3ccccc3)CC2)c1. The number of methoxy groups -OCH3 is 1. The first-order chi connectivity index (χ1) is 12.7. The first-order valence-corrected chi connectivity index (χ1v) is 9.00. The number of carbonyl (C=O) groups excluding carboxylic acids is 1. The summed E-state index contributed by atoms with van der Waals surface area (Å²) in [6, 6.07) is 17.7. The van der Waals surface area contributed by atoms with E-state index in [1.165, 1.54) is 10.5 Å². The molecule has 1 saturated heterocycles. The quantitative estimate of drug-likeness (QED) is 0.866. The van der Waals surface area contributed by atoms with E-state index in [2.05, 4.69) is 29.6 Å². The van der Waals surface area contributed by atoms with Gasteiger partial charge in [-0.1, -0.05) is 42.5 Å². The lowest BCUT2D eigenvalue weighted by Gasteiger charge is -2.31. The molecule has 0 bridgehead atoms. The van der Waals surface area contributed by atoms with E-state index in [4.69, 9.17) is 4.74 Å². The second kappa shape index (κ2) is 9.06. The maximum atomic E-state index is 12.4. The maximum absolute atomic E-state index is 12.4. The number of nitrogens with one attached hydrogen (secondary N) is 2. The summed E-state index contributed by atoms with van der Waals surface area (Å²) in [6.45, 7) is 4.45. The van der Waals surface area contributed by atoms with E-state index >= 15 is 0 Å². The lowest BCUT2D eigenvalue weighted by molar-refractivity contribution is -0.898. The topological polar surface area (TPSA) is 46.0 Å². The lowest BCUT2D eigenvalue weighted by Crippen LogP contribution is -3.14. The fourth-order valence-corrected chi connectivity index (χ4v) is 3.06. The van der Waals surface area contributed by atoms with E-state index in [-0.39, 0.29) is 6.03 Å². The van der Waals surface area contributed by atoms with Gasteiger partial charge in [0.25, 0.3) is 0 Å². The number of urea groups is 1. The van der Waals surface area contributed by atoms with Crippen LogP contribution in [0.5, 0.6) is 5.75 Å². The monoisotopic (exact) mass is 352 g/mol. The summed E-state index contributed by atoms with van der Waals surface area (Å²) in [5, 5.41) is 2.95. The molecule has 0 unspecified atom stereocenters. The van der Waals surface area contributed by atoms with Crippen LogP contribution in [-0.2, 0) is 0 Å². The third kappa shape index (κ3) is 5.10. The van der Waals surface area contributed by atoms with E-state index in [0.717, 1.165) is 44.2 Å². The van der Waals surface area contributed by atoms with Crippen molar-refractivity contribution in [1.82, 2.24) is 4.90 Å². The van der Waals surface area contributed by atoms with Crippen LogP contribution in [0.4, 0.5) is 10.5 Å². The molecule has 136 valence electrons. The molecular weight excluding hydrogens is 326 g/mol. The van der Waals surface area contributed by atoms with Crippen molar-refractivity contribution in [2.45, 2.75) is 0 Å². The van der Waals surface area contributed by atoms with Gasteiger partial charge < -0.3 is 19.9 Å². The number of ether oxygens (including phenoxy) is 1. The van der Waals surface area contributed by atoms with Gasteiger partial charge in [-0.2, -0.15) is 0 Å². The molecular formula is C21H26N3O2+. The van der Waals surface area contributed by atoms with Gasteiger partial charge in [-0.05, 0) is 23.8 Å². The van der Waals surface area contributed by atoms with E-state index in [9.17, 15) is 4.79 Å². The molecule has 0 atom stereocenters. The summed E-state index contributed by atoms with van der Waals surface area (Å²) in [6.07, 6.45) is 4.38. The number of quaternary nitrogens is 1. The second-order valence-electron chi connectivity index (χ2n) is 6.42. The molecule has 5 heteroatoms. The van der Waals surface area contributed by atoms with Crippen LogP contribution >= 0.6 is 0 Å². The van der Waals surface area contributed by atoms with E-state index in [1.807, 2.05) is 47.4 Å². The summed E-state index contributed by atoms with van der Waals surface area (Å²) in [7, 11) is 1.62. The highest BCUT2D eigenvalue weighted by atomic mass is 16.5. The number of amides is 2. The van der Waals surface area contributed by atoms with Crippen LogP contribution in [0.15, 0.2) is 60.7 Å². The highest BCUT2D eigenvalue weighted by Crippen LogP contribution is 2.17. The van der Waals surface area contributed by atoms with Crippen LogP contribution in [-0.4, -0.2) is 50.8 Å². The fraction of sp³-hybridized carbons (Fsp3) is 0.286. The van der Waals surface area contributed by atoms with Crippen molar-refractivity contribution in [3.8, 4) is 5.75 Å². The summed E-state index contributed by atoms with van der Waals surface area (Å²) in [5.41, 5.74) is 1.98. The zero-order valence-electron chi connectivity index (χ0n) is 15.2. The van der Waals surface area contributed by atoms with Gasteiger partial charge in [0.1, 0.15) is 5.75 Å². The van der Waals surface area contributed by atoms with Crippen molar-refractivity contribution >= 4 is 17.8 Å². The van der Waals surface area contributed by atoms with Crippen LogP contribution < -0.4 is 15.0 Å². The average molecular weight is 352 g/mol. The fourth-order valence-electron chi connectivity index (χ4n) is 3.06. The van der Waals surface area contributed by atoms with Crippen molar-refractivity contribution in [2.75, 3.05) is 45.2 Å². The number of rotatable bonds is 5. The number of hydrogen-bond donors (Lipinski definition) is 2. The average Bonchev–Trinajstić information content (AvgIpc) is 2.69. The molecule has 0 radical (unpaired) electrons. The number of nitrogens with zero attached hydrogens (tertiary/aromatic N) is 1. The first-order valence-electron chi connectivity index (χ1n) is 9.00. The Morgan fingerprint density at radius 1 is 1.15 bits per heavy atom. The van der Waals surface area contributed by atoms with Crippen LogP contribution in [0.2, 0.25) is 0 Å². The standard InChI is InChI=1S/C21H25N3O2/c1-26-20-11-5-10-19(17-20)22-21(25)24-15-13-23(14-16-24)12-6-9-18-7-3-2-4-8-18/h2-11,17H,12-16H2,1H3,(H,22,25)/p+1/b9-6+. The van der Waals surface area contributed by atoms with Gasteiger partial charge in [0, 0.05) is 11.8 Å². The van der Waals surface area contributed by atoms with Crippen molar-refractivity contribution in [3.63, 3.8) is 0 Å². The predicted molar refractivity (Wildman–Crippen MR) is 105 cm³/mol. The smallest absolute Gasteiger partial charge is 0.322 e. The minimum atomic E-state index is -0.0443. The van der Waals surface area contributed by atoms with Crippen LogP contribution in [0.1, 0.15) is 5.56 Å². The molecule has 26 heavy (non-hydrogen) atoms. The molecule has 0 spiro atoms. The molecule has 0 aromatic heterocycles. The normalized spacial score (nSPS) is 15.2. The van der Waals surface area contributed by atoms with Crippen molar-refractivity contribution < 1.29 is 14.4 Å². The van der Waals surface area contributed by atoms with Crippen LogP contribution in [0, 0.1) is 0 Å². The Hall–Kier alpha value is -2.79. The molecule has 1 heterocycles. The minimum absolute atomic E-state index is 0.0443. The first kappa shape index (κ1) is 18.0. The summed E-state index contributed by atoms with van der Waals surface area (Å²) < 4.78 is 5.19. The highest BCUT2D eigenvalue weighted by Gasteiger charge is 2.22. The zero-order chi connectivity index (χ0) is 18.2. The van der Waals surface area contributed by atoms with E-state index in [1.54, 1.807) is 7.11 Å². The van der Waals surface area contributed by atoms with Gasteiger partial charge >= 0.3 is 6.03 Å². The Morgan fingerprint density at radius 3 is 2.65 bits per heavy atom. The predicted octanol–water partition coefficient (Wildman–Crippen LogP) is 2.14. The number of carbonyl (C=O) groups is 1. The van der Waals surface area contributed by atoms with Gasteiger partial charge in [-0.25, -0.2) is 4.79 Å². The molecule has 5 nitrogen and oxygen atoms in total. The Labute approximate surface area is 154 Å². The molecule has 0 aliphatic carbocycles. The molecule has 1 aliphatic rings. The van der Waals surface area contributed by atoms with E-state index < -0.39 is 0 Å². The Bertz CT molecular complexity index is 738. The summed E-state index contributed by atoms with van der Waals surface area (Å²) in [5.74, 6) is 0.738. The Balaban J connectivity index is 1.44. The molecule has 1 fully saturated rings. The van der Waals surface area contributed by atoms with Gasteiger partial charge in [0.05, 0.1) is 39.8 Å². The lowest BCUT2D eigenvalue weighted by atomic mass is 10.2. The molecule has 3 rings (SSSR count). The molecule has 2 amide bonds. The van der Waals surface area contributed by atoms with Crippen LogP contribution in [0.3, 0.4) is 0 Å². The van der Waals surface area contributed by atoms with Crippen molar-refractivity contribution in [3.05, 3.63) is 66.2 Å². The third-order valence-corrected chi connectivity index (χ3v) is 4.60. The Morgan fingerprint density at radius 2 is 1.92 bits per heavy atom. The Kier molecular flexibility index (Phi) is 6.28. The van der Waals surface area contributed by atoms with Gasteiger partial charge in [0.2, 0.25) is 0 Å². The van der Waals surface area contributed by atoms with Crippen LogP contribution in [0.25, 0.3) is 6.08 Å². The minimum Gasteiger partial charge on any atom is -0.497 e. The van der Waals surface area contributed by atoms with Gasteiger partial charge in [-0.15, -0.1) is 0 Å². The third-order valence-electron chi connectivity index (χ3n) is 4.60. The number of piperazine rings is 1. The highest BCUT2D eigenvalue weighted by molar-refractivity contribution is 5.89. The number of benzene rings is 2. The van der Waals surface area contributed by atoms with E-state index in [0.29, 0.717) is 0 Å². The number of anilines is 1. The van der Waals surface area contributed by atoms with Crippen molar-refractivity contribution in [1.29, 1.82) is 0 Å². The molecule has 2 N–H and O–H groups in total.